The smallest absolute Gasteiger partial charge is 0.227 e. The summed E-state index contributed by atoms with van der Waals surface area (Å²) in [6.45, 7) is 0.900. The normalized spacial score (nSPS) is 34.3. The molecule has 18 heavy (non-hydrogen) atoms. The minimum absolute atomic E-state index is 0.117. The summed E-state index contributed by atoms with van der Waals surface area (Å²) in [6.07, 6.45) is 4.48. The van der Waals surface area contributed by atoms with E-state index in [1.165, 1.54) is 23.3 Å². The van der Waals surface area contributed by atoms with E-state index in [-0.39, 0.29) is 12.0 Å². The Morgan fingerprint density at radius 2 is 2.22 bits per heavy atom. The van der Waals surface area contributed by atoms with Gasteiger partial charge in [0, 0.05) is 17.5 Å². The standard InChI is InChI=1S/C14H18N2OS/c15-11-7-10(11)14(17)16-5-3-12-9(4-6-18-12)13(16)8-1-2-8/h4,6,8,10-11,13H,1-3,5,7,15H2. The SMILES string of the molecule is NC1CC1C(=O)N1CCc2sccc2C1C1CC1. The number of amides is 1. The molecule has 0 aromatic carbocycles. The molecule has 1 aromatic rings. The van der Waals surface area contributed by atoms with E-state index in [0.717, 1.165) is 19.4 Å². The number of carbonyl (C=O) groups is 1. The summed E-state index contributed by atoms with van der Waals surface area (Å²) in [6, 6.07) is 2.72. The van der Waals surface area contributed by atoms with Gasteiger partial charge in [0.1, 0.15) is 0 Å². The van der Waals surface area contributed by atoms with Gasteiger partial charge in [-0.25, -0.2) is 0 Å². The van der Waals surface area contributed by atoms with Gasteiger partial charge in [-0.05, 0) is 48.6 Å². The van der Waals surface area contributed by atoms with Crippen molar-refractivity contribution < 1.29 is 4.79 Å². The Kier molecular flexibility index (Phi) is 2.33. The molecular formula is C14H18N2OS. The van der Waals surface area contributed by atoms with E-state index in [1.54, 1.807) is 0 Å². The minimum atomic E-state index is 0.117. The van der Waals surface area contributed by atoms with E-state index in [0.29, 0.717) is 17.9 Å². The van der Waals surface area contributed by atoms with Crippen molar-refractivity contribution in [2.45, 2.75) is 37.8 Å². The zero-order valence-corrected chi connectivity index (χ0v) is 11.2. The highest BCUT2D eigenvalue weighted by molar-refractivity contribution is 7.10. The van der Waals surface area contributed by atoms with Crippen LogP contribution in [0.4, 0.5) is 0 Å². The van der Waals surface area contributed by atoms with E-state index in [4.69, 9.17) is 5.73 Å². The third kappa shape index (κ3) is 1.62. The van der Waals surface area contributed by atoms with Crippen LogP contribution in [-0.4, -0.2) is 23.4 Å². The van der Waals surface area contributed by atoms with E-state index in [9.17, 15) is 4.79 Å². The van der Waals surface area contributed by atoms with Crippen LogP contribution in [0, 0.1) is 11.8 Å². The molecule has 0 radical (unpaired) electrons. The van der Waals surface area contributed by atoms with Crippen molar-refractivity contribution in [1.82, 2.24) is 4.90 Å². The molecule has 0 saturated heterocycles. The van der Waals surface area contributed by atoms with Crippen molar-refractivity contribution >= 4 is 17.2 Å². The molecule has 1 aromatic heterocycles. The second-order valence-electron chi connectivity index (χ2n) is 5.87. The zero-order valence-electron chi connectivity index (χ0n) is 10.3. The van der Waals surface area contributed by atoms with Crippen LogP contribution in [-0.2, 0) is 11.2 Å². The molecular weight excluding hydrogens is 244 g/mol. The Morgan fingerprint density at radius 3 is 2.89 bits per heavy atom. The van der Waals surface area contributed by atoms with Crippen LogP contribution in [0.3, 0.4) is 0 Å². The van der Waals surface area contributed by atoms with E-state index >= 15 is 0 Å². The summed E-state index contributed by atoms with van der Waals surface area (Å²) in [5.74, 6) is 1.14. The third-order valence-electron chi connectivity index (χ3n) is 4.52. The molecule has 1 amide bonds. The lowest BCUT2D eigenvalue weighted by Crippen LogP contribution is -2.42. The summed E-state index contributed by atoms with van der Waals surface area (Å²) in [5, 5.41) is 2.18. The number of hydrogen-bond donors (Lipinski definition) is 1. The molecule has 2 N–H and O–H groups in total. The van der Waals surface area contributed by atoms with Gasteiger partial charge in [0.2, 0.25) is 5.91 Å². The molecule has 2 aliphatic carbocycles. The van der Waals surface area contributed by atoms with E-state index < -0.39 is 0 Å². The minimum Gasteiger partial charge on any atom is -0.335 e. The molecule has 2 heterocycles. The van der Waals surface area contributed by atoms with Gasteiger partial charge in [-0.1, -0.05) is 0 Å². The predicted molar refractivity (Wildman–Crippen MR) is 71.3 cm³/mol. The number of nitrogens with zero attached hydrogens (tertiary/aromatic N) is 1. The highest BCUT2D eigenvalue weighted by Gasteiger charge is 2.48. The van der Waals surface area contributed by atoms with Crippen molar-refractivity contribution in [2.75, 3.05) is 6.54 Å². The summed E-state index contributed by atoms with van der Waals surface area (Å²) in [4.78, 5) is 16.1. The Bertz CT molecular complexity index is 494. The number of rotatable bonds is 2. The van der Waals surface area contributed by atoms with Gasteiger partial charge in [0.15, 0.2) is 0 Å². The average Bonchev–Trinajstić information content (AvgIpc) is 3.27. The Hall–Kier alpha value is -0.870. The molecule has 0 bridgehead atoms. The van der Waals surface area contributed by atoms with Crippen LogP contribution in [0.25, 0.3) is 0 Å². The Labute approximate surface area is 111 Å². The van der Waals surface area contributed by atoms with Gasteiger partial charge in [0.25, 0.3) is 0 Å². The molecule has 3 aliphatic rings. The number of fused-ring (bicyclic) bond motifs is 1. The number of nitrogens with two attached hydrogens (primary N) is 1. The molecule has 3 unspecified atom stereocenters. The number of thiophene rings is 1. The first-order valence-electron chi connectivity index (χ1n) is 6.88. The molecule has 4 rings (SSSR count). The summed E-state index contributed by atoms with van der Waals surface area (Å²) in [5.41, 5.74) is 7.27. The second kappa shape index (κ2) is 3.81. The lowest BCUT2D eigenvalue weighted by molar-refractivity contribution is -0.136. The van der Waals surface area contributed by atoms with Crippen LogP contribution in [0.15, 0.2) is 11.4 Å². The number of hydrogen-bond acceptors (Lipinski definition) is 3. The van der Waals surface area contributed by atoms with Crippen LogP contribution < -0.4 is 5.73 Å². The topological polar surface area (TPSA) is 46.3 Å². The van der Waals surface area contributed by atoms with Crippen molar-refractivity contribution in [3.63, 3.8) is 0 Å². The predicted octanol–water partition coefficient (Wildman–Crippen LogP) is 1.93. The first kappa shape index (κ1) is 11.0. The molecule has 96 valence electrons. The molecule has 3 nitrogen and oxygen atoms in total. The fraction of sp³-hybridized carbons (Fsp3) is 0.643. The van der Waals surface area contributed by atoms with E-state index in [2.05, 4.69) is 16.3 Å². The highest BCUT2D eigenvalue weighted by atomic mass is 32.1. The van der Waals surface area contributed by atoms with Crippen molar-refractivity contribution in [2.24, 2.45) is 17.6 Å². The van der Waals surface area contributed by atoms with Crippen molar-refractivity contribution in [3.05, 3.63) is 21.9 Å². The molecule has 4 heteroatoms. The maximum atomic E-state index is 12.5. The maximum absolute atomic E-state index is 12.5. The zero-order chi connectivity index (χ0) is 12.3. The molecule has 3 atom stereocenters. The first-order chi connectivity index (χ1) is 8.75. The fourth-order valence-electron chi connectivity index (χ4n) is 3.23. The van der Waals surface area contributed by atoms with Gasteiger partial charge in [0.05, 0.1) is 12.0 Å². The molecule has 1 aliphatic heterocycles. The second-order valence-corrected chi connectivity index (χ2v) is 6.87. The van der Waals surface area contributed by atoms with Crippen molar-refractivity contribution in [3.8, 4) is 0 Å². The van der Waals surface area contributed by atoms with E-state index in [1.807, 2.05) is 11.3 Å². The highest BCUT2D eigenvalue weighted by Crippen LogP contribution is 2.49. The van der Waals surface area contributed by atoms with Crippen LogP contribution in [0.2, 0.25) is 0 Å². The summed E-state index contributed by atoms with van der Waals surface area (Å²) < 4.78 is 0. The summed E-state index contributed by atoms with van der Waals surface area (Å²) >= 11 is 1.85. The van der Waals surface area contributed by atoms with Gasteiger partial charge < -0.3 is 10.6 Å². The quantitative estimate of drug-likeness (QED) is 0.885. The van der Waals surface area contributed by atoms with Gasteiger partial charge in [-0.2, -0.15) is 0 Å². The first-order valence-corrected chi connectivity index (χ1v) is 7.76. The van der Waals surface area contributed by atoms with Crippen LogP contribution in [0.5, 0.6) is 0 Å². The third-order valence-corrected chi connectivity index (χ3v) is 5.52. The lowest BCUT2D eigenvalue weighted by Gasteiger charge is -2.36. The molecule has 2 saturated carbocycles. The van der Waals surface area contributed by atoms with Gasteiger partial charge in [-0.15, -0.1) is 11.3 Å². The molecule has 2 fully saturated rings. The monoisotopic (exact) mass is 262 g/mol. The number of carbonyl (C=O) groups excluding carboxylic acids is 1. The maximum Gasteiger partial charge on any atom is 0.227 e. The van der Waals surface area contributed by atoms with Gasteiger partial charge in [-0.3, -0.25) is 4.79 Å². The van der Waals surface area contributed by atoms with Gasteiger partial charge >= 0.3 is 0 Å². The fourth-order valence-corrected chi connectivity index (χ4v) is 4.14. The Balaban J connectivity index is 1.65. The average molecular weight is 262 g/mol. The van der Waals surface area contributed by atoms with Crippen molar-refractivity contribution in [1.29, 1.82) is 0 Å². The summed E-state index contributed by atoms with van der Waals surface area (Å²) in [7, 11) is 0. The van der Waals surface area contributed by atoms with Crippen LogP contribution >= 0.6 is 11.3 Å². The molecule has 0 spiro atoms. The lowest BCUT2D eigenvalue weighted by atomic mass is 9.95. The largest absolute Gasteiger partial charge is 0.335 e. The Morgan fingerprint density at radius 1 is 1.44 bits per heavy atom. The van der Waals surface area contributed by atoms with Crippen LogP contribution in [0.1, 0.15) is 35.7 Å².